The average Bonchev–Trinajstić information content (AvgIpc) is 3.10. The standard InChI is InChI=1S/C18H23N3O3S.2ClH/c1-11(2)7-13(9-19)20-17(22)14-10-25-18(21-14)12-3-4-15-16(8-12)24-6-5-23-15;;/h3-4,8,10-11,13H,5-7,9,19H2,1-2H3,(H,20,22);2*1H. The Labute approximate surface area is 175 Å². The van der Waals surface area contributed by atoms with Crippen LogP contribution in [0.3, 0.4) is 0 Å². The molecular formula is C18H25Cl2N3O3S. The highest BCUT2D eigenvalue weighted by molar-refractivity contribution is 7.13. The highest BCUT2D eigenvalue weighted by atomic mass is 35.5. The van der Waals surface area contributed by atoms with Crippen LogP contribution < -0.4 is 20.5 Å². The van der Waals surface area contributed by atoms with E-state index < -0.39 is 0 Å². The van der Waals surface area contributed by atoms with Crippen molar-refractivity contribution in [1.82, 2.24) is 10.3 Å². The number of carbonyl (C=O) groups excluding carboxylic acids is 1. The number of nitrogens with one attached hydrogen (secondary N) is 1. The number of hydrogen-bond donors (Lipinski definition) is 2. The minimum absolute atomic E-state index is 0. The Morgan fingerprint density at radius 3 is 2.63 bits per heavy atom. The fourth-order valence-electron chi connectivity index (χ4n) is 2.73. The zero-order valence-corrected chi connectivity index (χ0v) is 17.7. The number of amides is 1. The third-order valence-electron chi connectivity index (χ3n) is 3.90. The van der Waals surface area contributed by atoms with Crippen molar-refractivity contribution in [3.8, 4) is 22.1 Å². The topological polar surface area (TPSA) is 86.5 Å². The summed E-state index contributed by atoms with van der Waals surface area (Å²) >= 11 is 1.43. The predicted molar refractivity (Wildman–Crippen MR) is 113 cm³/mol. The van der Waals surface area contributed by atoms with E-state index in [9.17, 15) is 4.79 Å². The highest BCUT2D eigenvalue weighted by Gasteiger charge is 2.18. The molecule has 0 saturated heterocycles. The van der Waals surface area contributed by atoms with Crippen LogP contribution in [0.1, 0.15) is 30.8 Å². The fraction of sp³-hybridized carbons (Fsp3) is 0.444. The van der Waals surface area contributed by atoms with Gasteiger partial charge in [0.1, 0.15) is 23.9 Å². The summed E-state index contributed by atoms with van der Waals surface area (Å²) < 4.78 is 11.1. The van der Waals surface area contributed by atoms with Crippen LogP contribution in [0.15, 0.2) is 23.6 Å². The molecule has 1 atom stereocenters. The number of carbonyl (C=O) groups is 1. The highest BCUT2D eigenvalue weighted by Crippen LogP contribution is 2.35. The van der Waals surface area contributed by atoms with Crippen molar-refractivity contribution in [3.63, 3.8) is 0 Å². The van der Waals surface area contributed by atoms with Crippen LogP contribution in [0, 0.1) is 5.92 Å². The Morgan fingerprint density at radius 2 is 1.96 bits per heavy atom. The summed E-state index contributed by atoms with van der Waals surface area (Å²) in [5, 5.41) is 5.51. The SMILES string of the molecule is CC(C)CC(CN)NC(=O)c1csc(-c2ccc3c(c2)OCCO3)n1.Cl.Cl. The lowest BCUT2D eigenvalue weighted by Crippen LogP contribution is -2.41. The molecule has 0 bridgehead atoms. The Bertz CT molecular complexity index is 755. The molecule has 6 nitrogen and oxygen atoms in total. The molecule has 0 spiro atoms. The zero-order chi connectivity index (χ0) is 17.8. The van der Waals surface area contributed by atoms with E-state index in [0.717, 1.165) is 22.7 Å². The monoisotopic (exact) mass is 433 g/mol. The van der Waals surface area contributed by atoms with Gasteiger partial charge in [-0.2, -0.15) is 0 Å². The lowest BCUT2D eigenvalue weighted by molar-refractivity contribution is 0.0929. The van der Waals surface area contributed by atoms with Crippen LogP contribution in [0.2, 0.25) is 0 Å². The molecule has 0 radical (unpaired) electrons. The van der Waals surface area contributed by atoms with Gasteiger partial charge in [0.15, 0.2) is 11.5 Å². The van der Waals surface area contributed by atoms with Crippen LogP contribution >= 0.6 is 36.2 Å². The maximum Gasteiger partial charge on any atom is 0.271 e. The molecule has 27 heavy (non-hydrogen) atoms. The molecule has 0 fully saturated rings. The van der Waals surface area contributed by atoms with Gasteiger partial charge in [0.05, 0.1) is 0 Å². The Morgan fingerprint density at radius 1 is 1.26 bits per heavy atom. The van der Waals surface area contributed by atoms with Crippen molar-refractivity contribution < 1.29 is 14.3 Å². The first-order valence-corrected chi connectivity index (χ1v) is 9.31. The first kappa shape index (κ1) is 23.5. The van der Waals surface area contributed by atoms with Gasteiger partial charge in [-0.05, 0) is 30.5 Å². The minimum atomic E-state index is -0.184. The molecule has 0 saturated carbocycles. The van der Waals surface area contributed by atoms with Gasteiger partial charge < -0.3 is 20.5 Å². The molecule has 1 aliphatic heterocycles. The van der Waals surface area contributed by atoms with Crippen molar-refractivity contribution in [2.24, 2.45) is 11.7 Å². The molecule has 0 aliphatic carbocycles. The maximum absolute atomic E-state index is 12.4. The smallest absolute Gasteiger partial charge is 0.271 e. The third-order valence-corrected chi connectivity index (χ3v) is 4.79. The van der Waals surface area contributed by atoms with Crippen LogP contribution in [0.25, 0.3) is 10.6 Å². The maximum atomic E-state index is 12.4. The van der Waals surface area contributed by atoms with Gasteiger partial charge in [-0.25, -0.2) is 4.98 Å². The number of thiazole rings is 1. The van der Waals surface area contributed by atoms with Gasteiger partial charge in [0.25, 0.3) is 5.91 Å². The van der Waals surface area contributed by atoms with Crippen LogP contribution in [0.5, 0.6) is 11.5 Å². The first-order valence-electron chi connectivity index (χ1n) is 8.43. The van der Waals surface area contributed by atoms with E-state index in [1.54, 1.807) is 5.38 Å². The third kappa shape index (κ3) is 5.97. The number of ether oxygens (including phenoxy) is 2. The van der Waals surface area contributed by atoms with Crippen molar-refractivity contribution in [2.45, 2.75) is 26.3 Å². The summed E-state index contributed by atoms with van der Waals surface area (Å²) in [7, 11) is 0. The number of rotatable bonds is 6. The lowest BCUT2D eigenvalue weighted by Gasteiger charge is -2.18. The lowest BCUT2D eigenvalue weighted by atomic mass is 10.0. The van der Waals surface area contributed by atoms with Crippen molar-refractivity contribution >= 4 is 42.1 Å². The van der Waals surface area contributed by atoms with Crippen LogP contribution in [-0.2, 0) is 0 Å². The van der Waals surface area contributed by atoms with Gasteiger partial charge in [-0.3, -0.25) is 4.79 Å². The minimum Gasteiger partial charge on any atom is -0.486 e. The van der Waals surface area contributed by atoms with Crippen LogP contribution in [0.4, 0.5) is 0 Å². The van der Waals surface area contributed by atoms with E-state index in [4.69, 9.17) is 15.2 Å². The van der Waals surface area contributed by atoms with Crippen molar-refractivity contribution in [3.05, 3.63) is 29.3 Å². The first-order chi connectivity index (χ1) is 12.1. The Balaban J connectivity index is 0.00000182. The molecule has 9 heteroatoms. The normalized spacial score (nSPS) is 13.3. The fourth-order valence-corrected chi connectivity index (χ4v) is 3.53. The zero-order valence-electron chi connectivity index (χ0n) is 15.3. The number of nitrogens with two attached hydrogens (primary N) is 1. The molecule has 1 aliphatic rings. The molecular weight excluding hydrogens is 409 g/mol. The average molecular weight is 434 g/mol. The Hall–Kier alpha value is -1.54. The van der Waals surface area contributed by atoms with Crippen LogP contribution in [-0.4, -0.2) is 36.7 Å². The van der Waals surface area contributed by atoms with E-state index in [2.05, 4.69) is 24.1 Å². The molecule has 1 amide bonds. The number of fused-ring (bicyclic) bond motifs is 1. The molecule has 2 heterocycles. The molecule has 3 rings (SSSR count). The molecule has 150 valence electrons. The summed E-state index contributed by atoms with van der Waals surface area (Å²) in [6, 6.07) is 5.66. The van der Waals surface area contributed by atoms with E-state index in [1.165, 1.54) is 11.3 Å². The second-order valence-corrected chi connectivity index (χ2v) is 7.29. The summed E-state index contributed by atoms with van der Waals surface area (Å²) in [6.07, 6.45) is 0.849. The molecule has 1 aromatic heterocycles. The van der Waals surface area contributed by atoms with Gasteiger partial charge in [-0.15, -0.1) is 36.2 Å². The summed E-state index contributed by atoms with van der Waals surface area (Å²) in [4.78, 5) is 16.9. The van der Waals surface area contributed by atoms with Crippen molar-refractivity contribution in [1.29, 1.82) is 0 Å². The van der Waals surface area contributed by atoms with Crippen molar-refractivity contribution in [2.75, 3.05) is 19.8 Å². The molecule has 1 aromatic carbocycles. The van der Waals surface area contributed by atoms with E-state index >= 15 is 0 Å². The second-order valence-electron chi connectivity index (χ2n) is 6.43. The Kier molecular flexibility index (Phi) is 9.32. The van der Waals surface area contributed by atoms with Gasteiger partial charge in [0, 0.05) is 23.5 Å². The molecule has 3 N–H and O–H groups in total. The quantitative estimate of drug-likeness (QED) is 0.727. The summed E-state index contributed by atoms with van der Waals surface area (Å²) in [6.45, 7) is 5.74. The van der Waals surface area contributed by atoms with E-state index in [1.807, 2.05) is 18.2 Å². The number of nitrogens with zero attached hydrogens (tertiary/aromatic N) is 1. The van der Waals surface area contributed by atoms with E-state index in [-0.39, 0.29) is 36.8 Å². The number of benzene rings is 1. The summed E-state index contributed by atoms with van der Waals surface area (Å²) in [5.41, 5.74) is 7.07. The van der Waals surface area contributed by atoms with Gasteiger partial charge in [-0.1, -0.05) is 13.8 Å². The predicted octanol–water partition coefficient (Wildman–Crippen LogP) is 3.53. The largest absolute Gasteiger partial charge is 0.486 e. The van der Waals surface area contributed by atoms with E-state index in [0.29, 0.717) is 37.1 Å². The number of hydrogen-bond acceptors (Lipinski definition) is 6. The van der Waals surface area contributed by atoms with Gasteiger partial charge >= 0.3 is 0 Å². The summed E-state index contributed by atoms with van der Waals surface area (Å²) in [5.74, 6) is 1.74. The second kappa shape index (κ2) is 10.7. The number of halogens is 2. The molecule has 1 unspecified atom stereocenters. The van der Waals surface area contributed by atoms with Gasteiger partial charge in [0.2, 0.25) is 0 Å². The number of aromatic nitrogens is 1. The molecule has 2 aromatic rings.